The summed E-state index contributed by atoms with van der Waals surface area (Å²) < 4.78 is 5.45. The minimum atomic E-state index is -0.796. The van der Waals surface area contributed by atoms with Crippen LogP contribution in [0.3, 0.4) is 0 Å². The molecule has 3 N–H and O–H groups in total. The van der Waals surface area contributed by atoms with Gasteiger partial charge in [0.15, 0.2) is 0 Å². The van der Waals surface area contributed by atoms with Crippen LogP contribution in [-0.4, -0.2) is 59.9 Å². The van der Waals surface area contributed by atoms with Crippen molar-refractivity contribution in [3.63, 3.8) is 0 Å². The zero-order valence-corrected chi connectivity index (χ0v) is 22.4. The Labute approximate surface area is 227 Å². The zero-order chi connectivity index (χ0) is 26.9. The molecule has 3 aliphatic rings. The summed E-state index contributed by atoms with van der Waals surface area (Å²) in [6.45, 7) is 1.14. The standard InChI is InChI=1S/C28H34ClN5O4/c1-38-24-12-18(29)11-21-20(24)13-22(33-21)27(37)34-16-28(7-3-2-4-8-28)14-23(34)26(36)32-19(15-30)10-17-6-5-9-31-25(17)35/h11-13,17,19,23,33H,2-10,14,16H2,1H3,(H,31,35)(H,32,36)/t17-,19?,23?/m0/s1. The Morgan fingerprint density at radius 2 is 2.05 bits per heavy atom. The third-order valence-electron chi connectivity index (χ3n) is 8.49. The number of nitrogens with zero attached hydrogens (tertiary/aromatic N) is 2. The molecule has 2 aliphatic heterocycles. The molecule has 9 nitrogen and oxygen atoms in total. The third kappa shape index (κ3) is 5.19. The molecule has 1 saturated carbocycles. The van der Waals surface area contributed by atoms with Gasteiger partial charge in [0.05, 0.1) is 18.7 Å². The molecule has 1 aliphatic carbocycles. The molecule has 0 radical (unpaired) electrons. The number of fused-ring (bicyclic) bond motifs is 1. The lowest BCUT2D eigenvalue weighted by Crippen LogP contribution is -2.49. The van der Waals surface area contributed by atoms with E-state index in [0.29, 0.717) is 47.9 Å². The fourth-order valence-corrected chi connectivity index (χ4v) is 6.74. The maximum Gasteiger partial charge on any atom is 0.271 e. The van der Waals surface area contributed by atoms with E-state index in [2.05, 4.69) is 21.7 Å². The van der Waals surface area contributed by atoms with Crippen LogP contribution in [0, 0.1) is 22.7 Å². The van der Waals surface area contributed by atoms with Crippen LogP contribution in [0.5, 0.6) is 5.75 Å². The molecule has 1 spiro atoms. The van der Waals surface area contributed by atoms with Crippen molar-refractivity contribution in [1.29, 1.82) is 5.26 Å². The summed E-state index contributed by atoms with van der Waals surface area (Å²) in [6, 6.07) is 5.86. The maximum atomic E-state index is 13.9. The highest BCUT2D eigenvalue weighted by atomic mass is 35.5. The van der Waals surface area contributed by atoms with Crippen molar-refractivity contribution < 1.29 is 19.1 Å². The van der Waals surface area contributed by atoms with Crippen molar-refractivity contribution in [2.45, 2.75) is 69.9 Å². The second-order valence-corrected chi connectivity index (χ2v) is 11.5. The molecule has 1 aromatic heterocycles. The molecular formula is C28H34ClN5O4. The summed E-state index contributed by atoms with van der Waals surface area (Å²) in [7, 11) is 1.55. The van der Waals surface area contributed by atoms with Gasteiger partial charge in [-0.2, -0.15) is 5.26 Å². The van der Waals surface area contributed by atoms with Crippen molar-refractivity contribution in [2.24, 2.45) is 11.3 Å². The van der Waals surface area contributed by atoms with Gasteiger partial charge in [0.1, 0.15) is 23.5 Å². The number of aromatic amines is 1. The van der Waals surface area contributed by atoms with Gasteiger partial charge in [-0.25, -0.2) is 0 Å². The van der Waals surface area contributed by atoms with E-state index in [1.807, 2.05) is 0 Å². The van der Waals surface area contributed by atoms with Crippen LogP contribution in [0.2, 0.25) is 5.02 Å². The number of benzene rings is 1. The SMILES string of the molecule is COc1cc(Cl)cc2[nH]c(C(=O)N3CC4(CCCCC4)CC3C(=O)NC(C#N)C[C@@H]3CCCNC3=O)cc12. The number of halogens is 1. The van der Waals surface area contributed by atoms with Gasteiger partial charge < -0.3 is 25.3 Å². The van der Waals surface area contributed by atoms with Gasteiger partial charge in [0.25, 0.3) is 5.91 Å². The average Bonchev–Trinajstić information content (AvgIpc) is 3.51. The Hall–Kier alpha value is -3.25. The highest BCUT2D eigenvalue weighted by molar-refractivity contribution is 6.31. The Balaban J connectivity index is 1.39. The van der Waals surface area contributed by atoms with Crippen LogP contribution in [0.25, 0.3) is 10.9 Å². The van der Waals surface area contributed by atoms with E-state index in [4.69, 9.17) is 16.3 Å². The number of nitrogens with one attached hydrogen (secondary N) is 3. The number of carbonyl (C=O) groups excluding carboxylic acids is 3. The fourth-order valence-electron chi connectivity index (χ4n) is 6.53. The highest BCUT2D eigenvalue weighted by Crippen LogP contribution is 2.47. The lowest BCUT2D eigenvalue weighted by atomic mass is 9.72. The number of likely N-dealkylation sites (tertiary alicyclic amines) is 1. The van der Waals surface area contributed by atoms with Gasteiger partial charge >= 0.3 is 0 Å². The van der Waals surface area contributed by atoms with Gasteiger partial charge in [0, 0.05) is 29.4 Å². The Morgan fingerprint density at radius 3 is 2.76 bits per heavy atom. The molecule has 3 atom stereocenters. The average molecular weight is 540 g/mol. The summed E-state index contributed by atoms with van der Waals surface area (Å²) in [6.07, 6.45) is 7.66. The Morgan fingerprint density at radius 1 is 1.26 bits per heavy atom. The summed E-state index contributed by atoms with van der Waals surface area (Å²) in [4.78, 5) is 44.6. The smallest absolute Gasteiger partial charge is 0.271 e. The Bertz CT molecular complexity index is 1280. The second kappa shape index (κ2) is 10.9. The first-order valence-electron chi connectivity index (χ1n) is 13.5. The van der Waals surface area contributed by atoms with Crippen LogP contribution >= 0.6 is 11.6 Å². The third-order valence-corrected chi connectivity index (χ3v) is 8.71. The number of H-pyrrole nitrogens is 1. The quantitative estimate of drug-likeness (QED) is 0.512. The van der Waals surface area contributed by atoms with E-state index < -0.39 is 12.1 Å². The summed E-state index contributed by atoms with van der Waals surface area (Å²) in [5.74, 6) is -0.403. The van der Waals surface area contributed by atoms with Gasteiger partial charge in [0.2, 0.25) is 11.8 Å². The lowest BCUT2D eigenvalue weighted by molar-refractivity contribution is -0.128. The minimum absolute atomic E-state index is 0.0704. The normalized spacial score (nSPS) is 23.6. The van der Waals surface area contributed by atoms with Crippen LogP contribution in [-0.2, 0) is 9.59 Å². The molecule has 1 aromatic carbocycles. The molecule has 2 aromatic rings. The maximum absolute atomic E-state index is 13.9. The first kappa shape index (κ1) is 26.4. The molecule has 3 amide bonds. The number of aromatic nitrogens is 1. The monoisotopic (exact) mass is 539 g/mol. The van der Waals surface area contributed by atoms with E-state index >= 15 is 0 Å². The summed E-state index contributed by atoms with van der Waals surface area (Å²) in [5.41, 5.74) is 0.941. The molecule has 2 saturated heterocycles. The van der Waals surface area contributed by atoms with Crippen molar-refractivity contribution in [2.75, 3.05) is 20.2 Å². The number of hydrogen-bond donors (Lipinski definition) is 3. The molecule has 2 unspecified atom stereocenters. The summed E-state index contributed by atoms with van der Waals surface area (Å²) in [5, 5.41) is 16.7. The zero-order valence-electron chi connectivity index (χ0n) is 21.6. The van der Waals surface area contributed by atoms with E-state index in [0.717, 1.165) is 43.9 Å². The van der Waals surface area contributed by atoms with Crippen molar-refractivity contribution in [3.8, 4) is 11.8 Å². The number of carbonyl (C=O) groups is 3. The predicted molar refractivity (Wildman–Crippen MR) is 143 cm³/mol. The van der Waals surface area contributed by atoms with Gasteiger partial charge in [-0.1, -0.05) is 30.9 Å². The van der Waals surface area contributed by atoms with Crippen LogP contribution in [0.4, 0.5) is 0 Å². The molecule has 3 fully saturated rings. The number of amides is 3. The number of hydrogen-bond acceptors (Lipinski definition) is 5. The topological polar surface area (TPSA) is 127 Å². The minimum Gasteiger partial charge on any atom is -0.496 e. The van der Waals surface area contributed by atoms with E-state index in [-0.39, 0.29) is 35.5 Å². The second-order valence-electron chi connectivity index (χ2n) is 11.0. The largest absolute Gasteiger partial charge is 0.496 e. The van der Waals surface area contributed by atoms with Crippen molar-refractivity contribution in [1.82, 2.24) is 20.5 Å². The molecule has 3 heterocycles. The van der Waals surface area contributed by atoms with Crippen LogP contribution in [0.1, 0.15) is 68.3 Å². The Kier molecular flexibility index (Phi) is 7.53. The van der Waals surface area contributed by atoms with Crippen molar-refractivity contribution >= 4 is 40.2 Å². The predicted octanol–water partition coefficient (Wildman–Crippen LogP) is 3.92. The lowest BCUT2D eigenvalue weighted by Gasteiger charge is -2.32. The number of ether oxygens (including phenoxy) is 1. The van der Waals surface area contributed by atoms with Crippen LogP contribution < -0.4 is 15.4 Å². The molecule has 5 rings (SSSR count). The number of rotatable bonds is 6. The first-order chi connectivity index (χ1) is 18.3. The highest BCUT2D eigenvalue weighted by Gasteiger charge is 2.49. The fraction of sp³-hybridized carbons (Fsp3) is 0.571. The molecule has 202 valence electrons. The van der Waals surface area contributed by atoms with Crippen LogP contribution in [0.15, 0.2) is 18.2 Å². The van der Waals surface area contributed by atoms with Gasteiger partial charge in [-0.15, -0.1) is 0 Å². The van der Waals surface area contributed by atoms with E-state index in [9.17, 15) is 19.6 Å². The number of piperidine rings is 1. The van der Waals surface area contributed by atoms with Crippen molar-refractivity contribution in [3.05, 3.63) is 28.9 Å². The molecule has 38 heavy (non-hydrogen) atoms. The molecular weight excluding hydrogens is 506 g/mol. The van der Waals surface area contributed by atoms with Gasteiger partial charge in [-0.3, -0.25) is 14.4 Å². The van der Waals surface area contributed by atoms with E-state index in [1.165, 1.54) is 0 Å². The van der Waals surface area contributed by atoms with E-state index in [1.54, 1.807) is 30.2 Å². The molecule has 0 bridgehead atoms. The first-order valence-corrected chi connectivity index (χ1v) is 13.9. The van der Waals surface area contributed by atoms with Gasteiger partial charge in [-0.05, 0) is 62.1 Å². The number of nitriles is 1. The number of methoxy groups -OCH3 is 1. The summed E-state index contributed by atoms with van der Waals surface area (Å²) >= 11 is 6.22. The molecule has 10 heteroatoms.